The van der Waals surface area contributed by atoms with Gasteiger partial charge in [0, 0.05) is 5.70 Å². The molecule has 0 aliphatic carbocycles. The van der Waals surface area contributed by atoms with Gasteiger partial charge in [-0.05, 0) is 45.5 Å². The van der Waals surface area contributed by atoms with Gasteiger partial charge in [-0.25, -0.2) is 4.79 Å². The third-order valence-corrected chi connectivity index (χ3v) is 3.46. The number of aryl methyl sites for hydroxylation is 1. The summed E-state index contributed by atoms with van der Waals surface area (Å²) < 4.78 is 5.35. The number of allylic oxidation sites excluding steroid dienone is 1. The number of esters is 1. The first-order valence-corrected chi connectivity index (χ1v) is 7.35. The molecule has 0 unspecified atom stereocenters. The Morgan fingerprint density at radius 3 is 2.43 bits per heavy atom. The van der Waals surface area contributed by atoms with E-state index in [4.69, 9.17) is 17.0 Å². The van der Waals surface area contributed by atoms with Crippen molar-refractivity contribution in [3.63, 3.8) is 0 Å². The lowest BCUT2D eigenvalue weighted by atomic mass is 9.95. The van der Waals surface area contributed by atoms with Crippen LogP contribution in [0.25, 0.3) is 0 Å². The lowest BCUT2D eigenvalue weighted by Crippen LogP contribution is -2.45. The van der Waals surface area contributed by atoms with E-state index in [0.717, 1.165) is 11.3 Å². The molecule has 0 bridgehead atoms. The number of benzene rings is 1. The molecule has 1 heterocycles. The van der Waals surface area contributed by atoms with Gasteiger partial charge in [0.15, 0.2) is 5.11 Å². The molecule has 1 aromatic carbocycles. The van der Waals surface area contributed by atoms with Crippen molar-refractivity contribution in [1.29, 1.82) is 0 Å². The van der Waals surface area contributed by atoms with E-state index in [-0.39, 0.29) is 18.1 Å². The molecule has 4 nitrogen and oxygen atoms in total. The fourth-order valence-electron chi connectivity index (χ4n) is 2.25. The highest BCUT2D eigenvalue weighted by molar-refractivity contribution is 7.80. The molecule has 0 amide bonds. The van der Waals surface area contributed by atoms with Crippen LogP contribution in [0.3, 0.4) is 0 Å². The molecule has 0 fully saturated rings. The van der Waals surface area contributed by atoms with Gasteiger partial charge < -0.3 is 15.4 Å². The Kier molecular flexibility index (Phi) is 4.63. The van der Waals surface area contributed by atoms with E-state index in [1.807, 2.05) is 52.0 Å². The number of carbonyl (C=O) groups is 1. The van der Waals surface area contributed by atoms with Crippen molar-refractivity contribution in [2.24, 2.45) is 0 Å². The Hall–Kier alpha value is -1.88. The number of carbonyl (C=O) groups excluding carboxylic acids is 1. The van der Waals surface area contributed by atoms with Gasteiger partial charge >= 0.3 is 5.97 Å². The molecule has 1 aromatic rings. The molecular formula is C16H20N2O2S. The van der Waals surface area contributed by atoms with Crippen molar-refractivity contribution in [2.75, 3.05) is 0 Å². The van der Waals surface area contributed by atoms with Gasteiger partial charge in [0.25, 0.3) is 0 Å². The van der Waals surface area contributed by atoms with Crippen LogP contribution < -0.4 is 10.6 Å². The van der Waals surface area contributed by atoms with Crippen molar-refractivity contribution in [3.8, 4) is 0 Å². The number of hydrogen-bond donors (Lipinski definition) is 2. The van der Waals surface area contributed by atoms with E-state index < -0.39 is 0 Å². The first kappa shape index (κ1) is 15.5. The first-order valence-electron chi connectivity index (χ1n) is 6.94. The summed E-state index contributed by atoms with van der Waals surface area (Å²) in [7, 11) is 0. The number of rotatable bonds is 3. The monoisotopic (exact) mass is 304 g/mol. The Morgan fingerprint density at radius 1 is 1.24 bits per heavy atom. The molecule has 1 atom stereocenters. The number of hydrogen-bond acceptors (Lipinski definition) is 3. The van der Waals surface area contributed by atoms with Crippen LogP contribution in [0.2, 0.25) is 0 Å². The third-order valence-electron chi connectivity index (χ3n) is 3.24. The zero-order valence-corrected chi connectivity index (χ0v) is 13.5. The predicted molar refractivity (Wildman–Crippen MR) is 86.7 cm³/mol. The van der Waals surface area contributed by atoms with Crippen molar-refractivity contribution < 1.29 is 9.53 Å². The van der Waals surface area contributed by atoms with Crippen LogP contribution in [0.1, 0.15) is 37.9 Å². The van der Waals surface area contributed by atoms with Crippen LogP contribution in [0.4, 0.5) is 0 Å². The van der Waals surface area contributed by atoms with Gasteiger partial charge in [-0.1, -0.05) is 29.8 Å². The summed E-state index contributed by atoms with van der Waals surface area (Å²) >= 11 is 5.20. The maximum absolute atomic E-state index is 12.4. The Morgan fingerprint density at radius 2 is 1.86 bits per heavy atom. The second kappa shape index (κ2) is 6.26. The zero-order valence-electron chi connectivity index (χ0n) is 12.7. The average molecular weight is 304 g/mol. The number of nitrogens with one attached hydrogen (secondary N) is 2. The number of thiocarbonyl (C=S) groups is 1. The van der Waals surface area contributed by atoms with Crippen LogP contribution in [-0.4, -0.2) is 17.2 Å². The second-order valence-corrected chi connectivity index (χ2v) is 5.84. The van der Waals surface area contributed by atoms with Crippen molar-refractivity contribution in [1.82, 2.24) is 10.6 Å². The SMILES string of the molecule is CC1=C(C(=O)OC(C)C)[C@H](c2ccc(C)cc2)NC(=S)N1. The maximum atomic E-state index is 12.4. The fourth-order valence-corrected chi connectivity index (χ4v) is 2.52. The Labute approximate surface area is 130 Å². The quantitative estimate of drug-likeness (QED) is 0.664. The largest absolute Gasteiger partial charge is 0.459 e. The van der Waals surface area contributed by atoms with Gasteiger partial charge in [0.1, 0.15) is 0 Å². The van der Waals surface area contributed by atoms with Gasteiger partial charge in [-0.2, -0.15) is 0 Å². The smallest absolute Gasteiger partial charge is 0.338 e. The summed E-state index contributed by atoms with van der Waals surface area (Å²) in [5.41, 5.74) is 3.46. The molecule has 21 heavy (non-hydrogen) atoms. The molecule has 1 aliphatic rings. The highest BCUT2D eigenvalue weighted by atomic mass is 32.1. The molecule has 1 aliphatic heterocycles. The summed E-state index contributed by atoms with van der Waals surface area (Å²) in [5, 5.41) is 6.66. The Balaban J connectivity index is 2.40. The second-order valence-electron chi connectivity index (χ2n) is 5.43. The highest BCUT2D eigenvalue weighted by Crippen LogP contribution is 2.28. The molecule has 0 radical (unpaired) electrons. The molecule has 0 aromatic heterocycles. The predicted octanol–water partition coefficient (Wildman–Crippen LogP) is 2.74. The molecule has 5 heteroatoms. The van der Waals surface area contributed by atoms with E-state index in [1.165, 1.54) is 5.56 Å². The topological polar surface area (TPSA) is 50.4 Å². The molecule has 112 valence electrons. The lowest BCUT2D eigenvalue weighted by Gasteiger charge is -2.30. The van der Waals surface area contributed by atoms with Crippen LogP contribution in [0.15, 0.2) is 35.5 Å². The summed E-state index contributed by atoms with van der Waals surface area (Å²) in [4.78, 5) is 12.4. The minimum atomic E-state index is -0.324. The summed E-state index contributed by atoms with van der Waals surface area (Å²) in [5.74, 6) is -0.324. The lowest BCUT2D eigenvalue weighted by molar-refractivity contribution is -0.143. The number of ether oxygens (including phenoxy) is 1. The molecule has 2 N–H and O–H groups in total. The van der Waals surface area contributed by atoms with Crippen LogP contribution >= 0.6 is 12.2 Å². The van der Waals surface area contributed by atoms with E-state index in [2.05, 4.69) is 10.6 Å². The highest BCUT2D eigenvalue weighted by Gasteiger charge is 2.31. The van der Waals surface area contributed by atoms with E-state index in [0.29, 0.717) is 10.7 Å². The first-order chi connectivity index (χ1) is 9.88. The van der Waals surface area contributed by atoms with Crippen LogP contribution in [0, 0.1) is 6.92 Å². The fraction of sp³-hybridized carbons (Fsp3) is 0.375. The van der Waals surface area contributed by atoms with Crippen LogP contribution in [-0.2, 0) is 9.53 Å². The van der Waals surface area contributed by atoms with Gasteiger partial charge in [-0.15, -0.1) is 0 Å². The molecule has 0 saturated carbocycles. The minimum Gasteiger partial charge on any atom is -0.459 e. The summed E-state index contributed by atoms with van der Waals surface area (Å²) in [6, 6.07) is 7.74. The van der Waals surface area contributed by atoms with Gasteiger partial charge in [0.2, 0.25) is 0 Å². The molecular weight excluding hydrogens is 284 g/mol. The zero-order chi connectivity index (χ0) is 15.6. The Bertz CT molecular complexity index is 591. The normalized spacial score (nSPS) is 18.3. The third kappa shape index (κ3) is 3.61. The van der Waals surface area contributed by atoms with E-state index >= 15 is 0 Å². The maximum Gasteiger partial charge on any atom is 0.338 e. The minimum absolute atomic E-state index is 0.162. The molecule has 0 saturated heterocycles. The van der Waals surface area contributed by atoms with Crippen molar-refractivity contribution in [2.45, 2.75) is 39.8 Å². The molecule has 2 rings (SSSR count). The van der Waals surface area contributed by atoms with Crippen molar-refractivity contribution in [3.05, 3.63) is 46.7 Å². The van der Waals surface area contributed by atoms with E-state index in [1.54, 1.807) is 0 Å². The van der Waals surface area contributed by atoms with E-state index in [9.17, 15) is 4.79 Å². The van der Waals surface area contributed by atoms with Crippen LogP contribution in [0.5, 0.6) is 0 Å². The van der Waals surface area contributed by atoms with Gasteiger partial charge in [-0.3, -0.25) is 0 Å². The van der Waals surface area contributed by atoms with Gasteiger partial charge in [0.05, 0.1) is 17.7 Å². The molecule has 0 spiro atoms. The average Bonchev–Trinajstić information content (AvgIpc) is 2.37. The summed E-state index contributed by atoms with van der Waals surface area (Å²) in [6.45, 7) is 7.54. The summed E-state index contributed by atoms with van der Waals surface area (Å²) in [6.07, 6.45) is -0.162. The van der Waals surface area contributed by atoms with Crippen molar-refractivity contribution >= 4 is 23.3 Å². The standard InChI is InChI=1S/C16H20N2O2S/c1-9(2)20-15(19)13-11(4)17-16(21)18-14(13)12-7-5-10(3)6-8-12/h5-9,14H,1-4H3,(H2,17,18,21)/t14-/m0/s1.